The van der Waals surface area contributed by atoms with Crippen LogP contribution in [-0.4, -0.2) is 50.7 Å². The molecule has 4 heterocycles. The highest BCUT2D eigenvalue weighted by Crippen LogP contribution is 2.28. The summed E-state index contributed by atoms with van der Waals surface area (Å²) in [4.78, 5) is 18.3. The second-order valence-electron chi connectivity index (χ2n) is 9.18. The van der Waals surface area contributed by atoms with Crippen molar-refractivity contribution in [3.63, 3.8) is 0 Å². The summed E-state index contributed by atoms with van der Waals surface area (Å²) in [5.74, 6) is 1.45. The molecular formula is C28H26FN7. The monoisotopic (exact) mass is 479 g/mol. The quantitative estimate of drug-likeness (QED) is 0.369. The lowest BCUT2D eigenvalue weighted by molar-refractivity contribution is 0.627. The molecule has 0 N–H and O–H groups in total. The molecule has 0 atom stereocenters. The van der Waals surface area contributed by atoms with Gasteiger partial charge in [-0.3, -0.25) is 0 Å². The van der Waals surface area contributed by atoms with E-state index in [0.717, 1.165) is 60.2 Å². The zero-order valence-electron chi connectivity index (χ0n) is 20.0. The van der Waals surface area contributed by atoms with Gasteiger partial charge in [0.2, 0.25) is 5.95 Å². The van der Waals surface area contributed by atoms with Crippen molar-refractivity contribution >= 4 is 17.3 Å². The summed E-state index contributed by atoms with van der Waals surface area (Å²) < 4.78 is 15.0. The summed E-state index contributed by atoms with van der Waals surface area (Å²) in [6.07, 6.45) is 8.08. The standard InChI is InChI=1S/C28H26FN7/c1-20-2-6-23(7-3-20)24-15-26-27(32-19-33-36(26)18-24)34-10-12-35(13-11-34)28-30-16-22(17-31-28)14-21-4-8-25(29)9-5-21/h2-9,15-19H,10-14H2,1H3. The van der Waals surface area contributed by atoms with Crippen LogP contribution in [0.2, 0.25) is 0 Å². The molecule has 0 spiro atoms. The zero-order chi connectivity index (χ0) is 24.5. The van der Waals surface area contributed by atoms with E-state index >= 15 is 0 Å². The molecule has 1 saturated heterocycles. The predicted octanol–water partition coefficient (Wildman–Crippen LogP) is 4.55. The van der Waals surface area contributed by atoms with Crippen LogP contribution < -0.4 is 9.80 Å². The first-order chi connectivity index (χ1) is 17.6. The van der Waals surface area contributed by atoms with E-state index in [9.17, 15) is 4.39 Å². The normalized spacial score (nSPS) is 13.9. The number of rotatable bonds is 5. The van der Waals surface area contributed by atoms with E-state index in [1.807, 2.05) is 16.9 Å². The summed E-state index contributed by atoms with van der Waals surface area (Å²) in [7, 11) is 0. The molecule has 1 aliphatic heterocycles. The van der Waals surface area contributed by atoms with Gasteiger partial charge in [0.1, 0.15) is 17.7 Å². The fourth-order valence-electron chi connectivity index (χ4n) is 4.62. The number of halogens is 1. The maximum Gasteiger partial charge on any atom is 0.225 e. The Morgan fingerprint density at radius 3 is 2.19 bits per heavy atom. The van der Waals surface area contributed by atoms with Crippen molar-refractivity contribution in [2.45, 2.75) is 13.3 Å². The van der Waals surface area contributed by atoms with Crippen LogP contribution in [-0.2, 0) is 6.42 Å². The Bertz CT molecular complexity index is 1470. The third-order valence-corrected chi connectivity index (χ3v) is 6.65. The molecular weight excluding hydrogens is 453 g/mol. The number of fused-ring (bicyclic) bond motifs is 1. The molecule has 8 heteroatoms. The summed E-state index contributed by atoms with van der Waals surface area (Å²) in [6.45, 7) is 5.34. The van der Waals surface area contributed by atoms with Gasteiger partial charge in [0.15, 0.2) is 5.82 Å². The molecule has 0 unspecified atom stereocenters. The molecule has 36 heavy (non-hydrogen) atoms. The van der Waals surface area contributed by atoms with E-state index in [-0.39, 0.29) is 5.82 Å². The SMILES string of the molecule is Cc1ccc(-c2cc3c(N4CCN(c5ncc(Cc6ccc(F)cc6)cn5)CC4)ncnn3c2)cc1. The Balaban J connectivity index is 1.14. The first-order valence-corrected chi connectivity index (χ1v) is 12.1. The Labute approximate surface area is 208 Å². The van der Waals surface area contributed by atoms with Gasteiger partial charge in [-0.1, -0.05) is 42.0 Å². The average Bonchev–Trinajstić information content (AvgIpc) is 3.36. The van der Waals surface area contributed by atoms with Crippen molar-refractivity contribution in [2.24, 2.45) is 0 Å². The van der Waals surface area contributed by atoms with Gasteiger partial charge < -0.3 is 9.80 Å². The summed E-state index contributed by atoms with van der Waals surface area (Å²) in [5, 5.41) is 4.44. The van der Waals surface area contributed by atoms with Crippen LogP contribution in [0.4, 0.5) is 16.2 Å². The molecule has 0 saturated carbocycles. The van der Waals surface area contributed by atoms with Crippen LogP contribution >= 0.6 is 0 Å². The lowest BCUT2D eigenvalue weighted by Crippen LogP contribution is -2.47. The Kier molecular flexibility index (Phi) is 5.77. The van der Waals surface area contributed by atoms with E-state index in [0.29, 0.717) is 6.42 Å². The zero-order valence-corrected chi connectivity index (χ0v) is 20.0. The molecule has 1 aliphatic rings. The minimum Gasteiger partial charge on any atom is -0.351 e. The largest absolute Gasteiger partial charge is 0.351 e. The topological polar surface area (TPSA) is 62.5 Å². The first-order valence-electron chi connectivity index (χ1n) is 12.1. The summed E-state index contributed by atoms with van der Waals surface area (Å²) in [5.41, 5.74) is 6.58. The van der Waals surface area contributed by atoms with E-state index in [4.69, 9.17) is 0 Å². The number of hydrogen-bond donors (Lipinski definition) is 0. The molecule has 5 aromatic rings. The average molecular weight is 480 g/mol. The van der Waals surface area contributed by atoms with E-state index in [1.54, 1.807) is 18.5 Å². The third-order valence-electron chi connectivity index (χ3n) is 6.65. The number of piperazine rings is 1. The molecule has 180 valence electrons. The van der Waals surface area contributed by atoms with Crippen LogP contribution in [0.5, 0.6) is 0 Å². The highest BCUT2D eigenvalue weighted by molar-refractivity contribution is 5.77. The van der Waals surface area contributed by atoms with Crippen molar-refractivity contribution in [3.8, 4) is 11.1 Å². The van der Waals surface area contributed by atoms with Crippen LogP contribution in [0, 0.1) is 12.7 Å². The van der Waals surface area contributed by atoms with Crippen LogP contribution in [0.15, 0.2) is 79.5 Å². The van der Waals surface area contributed by atoms with Gasteiger partial charge in [-0.05, 0) is 41.8 Å². The number of nitrogens with zero attached hydrogens (tertiary/aromatic N) is 7. The van der Waals surface area contributed by atoms with Gasteiger partial charge >= 0.3 is 0 Å². The maximum absolute atomic E-state index is 13.1. The van der Waals surface area contributed by atoms with Gasteiger partial charge in [-0.2, -0.15) is 5.10 Å². The van der Waals surface area contributed by atoms with Crippen molar-refractivity contribution in [3.05, 3.63) is 102 Å². The molecule has 0 aliphatic carbocycles. The lowest BCUT2D eigenvalue weighted by Gasteiger charge is -2.35. The van der Waals surface area contributed by atoms with Crippen molar-refractivity contribution < 1.29 is 4.39 Å². The summed E-state index contributed by atoms with van der Waals surface area (Å²) in [6, 6.07) is 17.2. The second kappa shape index (κ2) is 9.37. The second-order valence-corrected chi connectivity index (χ2v) is 9.18. The number of anilines is 2. The van der Waals surface area contributed by atoms with Crippen molar-refractivity contribution in [1.29, 1.82) is 0 Å². The molecule has 0 radical (unpaired) electrons. The maximum atomic E-state index is 13.1. The lowest BCUT2D eigenvalue weighted by atomic mass is 10.1. The minimum atomic E-state index is -0.226. The van der Waals surface area contributed by atoms with E-state index < -0.39 is 0 Å². The highest BCUT2D eigenvalue weighted by Gasteiger charge is 2.22. The molecule has 0 amide bonds. The van der Waals surface area contributed by atoms with Crippen LogP contribution in [0.1, 0.15) is 16.7 Å². The Morgan fingerprint density at radius 2 is 1.47 bits per heavy atom. The minimum absolute atomic E-state index is 0.226. The van der Waals surface area contributed by atoms with Crippen LogP contribution in [0.25, 0.3) is 16.6 Å². The van der Waals surface area contributed by atoms with Gasteiger partial charge in [-0.15, -0.1) is 0 Å². The highest BCUT2D eigenvalue weighted by atomic mass is 19.1. The molecule has 3 aromatic heterocycles. The Morgan fingerprint density at radius 1 is 0.778 bits per heavy atom. The smallest absolute Gasteiger partial charge is 0.225 e. The fourth-order valence-corrected chi connectivity index (χ4v) is 4.62. The van der Waals surface area contributed by atoms with Gasteiger partial charge in [0.25, 0.3) is 0 Å². The third kappa shape index (κ3) is 4.49. The number of aromatic nitrogens is 5. The van der Waals surface area contributed by atoms with Crippen LogP contribution in [0.3, 0.4) is 0 Å². The predicted molar refractivity (Wildman–Crippen MR) is 139 cm³/mol. The Hall–Kier alpha value is -4.33. The van der Waals surface area contributed by atoms with Crippen molar-refractivity contribution in [2.75, 3.05) is 36.0 Å². The summed E-state index contributed by atoms with van der Waals surface area (Å²) >= 11 is 0. The van der Waals surface area contributed by atoms with Gasteiger partial charge in [0, 0.05) is 56.8 Å². The molecule has 0 bridgehead atoms. The van der Waals surface area contributed by atoms with Crippen molar-refractivity contribution in [1.82, 2.24) is 24.6 Å². The number of hydrogen-bond acceptors (Lipinski definition) is 6. The number of aryl methyl sites for hydroxylation is 1. The van der Waals surface area contributed by atoms with Gasteiger partial charge in [0.05, 0.1) is 0 Å². The number of benzene rings is 2. The van der Waals surface area contributed by atoms with E-state index in [2.05, 4.69) is 73.3 Å². The molecule has 2 aromatic carbocycles. The molecule has 6 rings (SSSR count). The fraction of sp³-hybridized carbons (Fsp3) is 0.214. The van der Waals surface area contributed by atoms with E-state index in [1.165, 1.54) is 23.3 Å². The first kappa shape index (κ1) is 22.2. The molecule has 1 fully saturated rings. The molecule has 7 nitrogen and oxygen atoms in total. The van der Waals surface area contributed by atoms with Gasteiger partial charge in [-0.25, -0.2) is 23.9 Å².